The summed E-state index contributed by atoms with van der Waals surface area (Å²) in [5, 5.41) is 13.7. The van der Waals surface area contributed by atoms with Crippen LogP contribution >= 0.6 is 12.2 Å². The number of halogens is 1. The Morgan fingerprint density at radius 1 is 1.17 bits per heavy atom. The highest BCUT2D eigenvalue weighted by atomic mass is 32.1. The van der Waals surface area contributed by atoms with Crippen molar-refractivity contribution < 1.29 is 9.50 Å². The van der Waals surface area contributed by atoms with Crippen LogP contribution in [0.1, 0.15) is 23.1 Å². The first-order valence-electron chi connectivity index (χ1n) is 9.43. The predicted molar refractivity (Wildman–Crippen MR) is 119 cm³/mol. The summed E-state index contributed by atoms with van der Waals surface area (Å²) in [5.74, 6) is -0.327. The molecule has 2 aromatic carbocycles. The van der Waals surface area contributed by atoms with E-state index in [0.717, 1.165) is 22.0 Å². The summed E-state index contributed by atoms with van der Waals surface area (Å²) in [5.41, 5.74) is 4.15. The third-order valence-electron chi connectivity index (χ3n) is 4.87. The van der Waals surface area contributed by atoms with E-state index >= 15 is 0 Å². The molecule has 5 nitrogen and oxygen atoms in total. The van der Waals surface area contributed by atoms with Gasteiger partial charge in [-0.05, 0) is 91.5 Å². The third-order valence-corrected chi connectivity index (χ3v) is 5.23. The monoisotopic (exact) mass is 413 g/mol. The van der Waals surface area contributed by atoms with Crippen molar-refractivity contribution in [3.8, 4) is 0 Å². The Balaban J connectivity index is 1.86. The zero-order valence-electron chi connectivity index (χ0n) is 16.5. The molecule has 0 saturated carbocycles. The number of thiocarbonyl (C=S) groups is 1. The number of aliphatic hydroxyl groups is 1. The number of aryl methyl sites for hydroxylation is 2. The van der Waals surface area contributed by atoms with Gasteiger partial charge in [0.2, 0.25) is 0 Å². The number of pyridine rings is 1. The van der Waals surface area contributed by atoms with Gasteiger partial charge in [0.15, 0.2) is 5.11 Å². The first-order valence-corrected chi connectivity index (χ1v) is 9.83. The number of fused-ring (bicyclic) bond motifs is 1. The maximum Gasteiger partial charge on any atom is 0.253 e. The number of hydrogen-bond donors (Lipinski definition) is 3. The Morgan fingerprint density at radius 3 is 2.55 bits per heavy atom. The van der Waals surface area contributed by atoms with Gasteiger partial charge in [-0.1, -0.05) is 0 Å². The molecule has 1 heterocycles. The van der Waals surface area contributed by atoms with Gasteiger partial charge in [-0.3, -0.25) is 4.79 Å². The summed E-state index contributed by atoms with van der Waals surface area (Å²) in [7, 11) is 0. The van der Waals surface area contributed by atoms with Gasteiger partial charge in [0.25, 0.3) is 5.56 Å². The fourth-order valence-electron chi connectivity index (χ4n) is 3.09. The largest absolute Gasteiger partial charge is 0.396 e. The highest BCUT2D eigenvalue weighted by molar-refractivity contribution is 7.80. The van der Waals surface area contributed by atoms with Gasteiger partial charge in [0, 0.05) is 29.9 Å². The van der Waals surface area contributed by atoms with Crippen LogP contribution in [0.25, 0.3) is 10.9 Å². The SMILES string of the molecule is Cc1cc2cc(CN(CCCO)C(=S)Nc3ccc(F)cc3)c(=O)[nH]c2cc1C. The van der Waals surface area contributed by atoms with E-state index in [0.29, 0.717) is 35.9 Å². The number of aromatic nitrogens is 1. The molecule has 0 fully saturated rings. The topological polar surface area (TPSA) is 68.4 Å². The molecule has 0 amide bonds. The molecular formula is C22H24FN3O2S. The molecular weight excluding hydrogens is 389 g/mol. The van der Waals surface area contributed by atoms with Crippen LogP contribution in [-0.2, 0) is 6.54 Å². The number of H-pyrrole nitrogens is 1. The smallest absolute Gasteiger partial charge is 0.253 e. The van der Waals surface area contributed by atoms with Crippen molar-refractivity contribution >= 4 is 33.9 Å². The fourth-order valence-corrected chi connectivity index (χ4v) is 3.37. The van der Waals surface area contributed by atoms with Crippen LogP contribution < -0.4 is 10.9 Å². The molecule has 7 heteroatoms. The van der Waals surface area contributed by atoms with Crippen molar-refractivity contribution in [2.24, 2.45) is 0 Å². The highest BCUT2D eigenvalue weighted by Gasteiger charge is 2.14. The van der Waals surface area contributed by atoms with E-state index < -0.39 is 0 Å². The molecule has 3 aromatic rings. The molecule has 0 radical (unpaired) electrons. The Morgan fingerprint density at radius 2 is 1.86 bits per heavy atom. The summed E-state index contributed by atoms with van der Waals surface area (Å²) in [6.45, 7) is 4.84. The van der Waals surface area contributed by atoms with Crippen molar-refractivity contribution in [3.63, 3.8) is 0 Å². The molecule has 0 aliphatic rings. The zero-order valence-corrected chi connectivity index (χ0v) is 17.3. The van der Waals surface area contributed by atoms with Gasteiger partial charge < -0.3 is 20.3 Å². The Kier molecular flexibility index (Phi) is 6.61. The predicted octanol–water partition coefficient (Wildman–Crippen LogP) is 3.87. The molecule has 3 rings (SSSR count). The Bertz CT molecular complexity index is 1080. The van der Waals surface area contributed by atoms with E-state index in [1.54, 1.807) is 12.1 Å². The third kappa shape index (κ3) is 5.19. The van der Waals surface area contributed by atoms with E-state index in [1.807, 2.05) is 30.9 Å². The van der Waals surface area contributed by atoms with Gasteiger partial charge >= 0.3 is 0 Å². The van der Waals surface area contributed by atoms with Crippen molar-refractivity contribution in [1.82, 2.24) is 9.88 Å². The van der Waals surface area contributed by atoms with Crippen molar-refractivity contribution in [3.05, 3.63) is 75.3 Å². The fraction of sp³-hybridized carbons (Fsp3) is 0.273. The van der Waals surface area contributed by atoms with Gasteiger partial charge in [-0.2, -0.15) is 0 Å². The molecule has 0 aliphatic heterocycles. The summed E-state index contributed by atoms with van der Waals surface area (Å²) < 4.78 is 13.1. The molecule has 152 valence electrons. The van der Waals surface area contributed by atoms with Crippen LogP contribution in [0.15, 0.2) is 47.3 Å². The number of anilines is 1. The number of aliphatic hydroxyl groups excluding tert-OH is 1. The first kappa shape index (κ1) is 21.0. The lowest BCUT2D eigenvalue weighted by molar-refractivity contribution is 0.266. The average molecular weight is 414 g/mol. The van der Waals surface area contributed by atoms with Crippen LogP contribution in [0.4, 0.5) is 10.1 Å². The summed E-state index contributed by atoms with van der Waals surface area (Å²) in [6.07, 6.45) is 0.509. The molecule has 0 aliphatic carbocycles. The number of nitrogens with zero attached hydrogens (tertiary/aromatic N) is 1. The molecule has 29 heavy (non-hydrogen) atoms. The molecule has 0 bridgehead atoms. The van der Waals surface area contributed by atoms with E-state index in [-0.39, 0.29) is 18.0 Å². The zero-order chi connectivity index (χ0) is 21.0. The number of benzene rings is 2. The van der Waals surface area contributed by atoms with Crippen LogP contribution in [0.3, 0.4) is 0 Å². The van der Waals surface area contributed by atoms with Gasteiger partial charge in [-0.15, -0.1) is 0 Å². The summed E-state index contributed by atoms with van der Waals surface area (Å²) in [4.78, 5) is 17.4. The number of aromatic amines is 1. The molecule has 0 atom stereocenters. The normalized spacial score (nSPS) is 10.9. The van der Waals surface area contributed by atoms with Gasteiger partial charge in [-0.25, -0.2) is 4.39 Å². The first-order chi connectivity index (χ1) is 13.9. The molecule has 0 saturated heterocycles. The lowest BCUT2D eigenvalue weighted by atomic mass is 10.0. The Hall–Kier alpha value is -2.77. The van der Waals surface area contributed by atoms with Gasteiger partial charge in [0.05, 0.1) is 6.54 Å². The highest BCUT2D eigenvalue weighted by Crippen LogP contribution is 2.18. The van der Waals surface area contributed by atoms with Crippen LogP contribution in [0, 0.1) is 19.7 Å². The Labute approximate surface area is 174 Å². The molecule has 0 unspecified atom stereocenters. The minimum absolute atomic E-state index is 0.0161. The maximum absolute atomic E-state index is 13.1. The minimum atomic E-state index is -0.327. The van der Waals surface area contributed by atoms with Crippen LogP contribution in [-0.4, -0.2) is 33.3 Å². The van der Waals surface area contributed by atoms with E-state index in [2.05, 4.69) is 16.4 Å². The number of hydrogen-bond acceptors (Lipinski definition) is 3. The average Bonchev–Trinajstić information content (AvgIpc) is 2.68. The summed E-state index contributed by atoms with van der Waals surface area (Å²) in [6, 6.07) is 11.8. The van der Waals surface area contributed by atoms with Crippen LogP contribution in [0.5, 0.6) is 0 Å². The van der Waals surface area contributed by atoms with Crippen LogP contribution in [0.2, 0.25) is 0 Å². The second-order valence-electron chi connectivity index (χ2n) is 7.08. The second-order valence-corrected chi connectivity index (χ2v) is 7.47. The second kappa shape index (κ2) is 9.15. The van der Waals surface area contributed by atoms with E-state index in [4.69, 9.17) is 12.2 Å². The van der Waals surface area contributed by atoms with E-state index in [9.17, 15) is 14.3 Å². The number of rotatable bonds is 6. The standard InChI is InChI=1S/C22H24FN3O2S/c1-14-10-16-12-17(21(28)25-20(16)11-15(14)2)13-26(8-3-9-27)22(29)24-19-6-4-18(23)5-7-19/h4-7,10-12,27H,3,8-9,13H2,1-2H3,(H,24,29)(H,25,28). The van der Waals surface area contributed by atoms with Crippen molar-refractivity contribution in [1.29, 1.82) is 0 Å². The van der Waals surface area contributed by atoms with E-state index in [1.165, 1.54) is 12.1 Å². The molecule has 0 spiro atoms. The van der Waals surface area contributed by atoms with Gasteiger partial charge in [0.1, 0.15) is 5.82 Å². The van der Waals surface area contributed by atoms with Crippen molar-refractivity contribution in [2.75, 3.05) is 18.5 Å². The molecule has 1 aromatic heterocycles. The minimum Gasteiger partial charge on any atom is -0.396 e. The maximum atomic E-state index is 13.1. The lowest BCUT2D eigenvalue weighted by Crippen LogP contribution is -2.37. The number of nitrogens with one attached hydrogen (secondary N) is 2. The van der Waals surface area contributed by atoms with Crippen molar-refractivity contribution in [2.45, 2.75) is 26.8 Å². The summed E-state index contributed by atoms with van der Waals surface area (Å²) >= 11 is 5.51. The quantitative estimate of drug-likeness (QED) is 0.536. The lowest BCUT2D eigenvalue weighted by Gasteiger charge is -2.25. The molecule has 3 N–H and O–H groups in total.